The molecule has 0 fully saturated rings. The third-order valence-corrected chi connectivity index (χ3v) is 3.07. The van der Waals surface area contributed by atoms with Crippen LogP contribution in [0.4, 0.5) is 0 Å². The van der Waals surface area contributed by atoms with Crippen LogP contribution >= 0.6 is 31.9 Å². The summed E-state index contributed by atoms with van der Waals surface area (Å²) >= 11 is 6.82. The quantitative estimate of drug-likeness (QED) is 0.761. The molecule has 1 rings (SSSR count). The average molecular weight is 292 g/mol. The zero-order valence-corrected chi connectivity index (χ0v) is 9.78. The highest BCUT2D eigenvalue weighted by Crippen LogP contribution is 2.27. The van der Waals surface area contributed by atoms with E-state index in [1.807, 2.05) is 12.1 Å². The van der Waals surface area contributed by atoms with Crippen LogP contribution in [0.5, 0.6) is 0 Å². The average Bonchev–Trinajstić information content (AvgIpc) is 2.03. The maximum Gasteiger partial charge on any atom is 0.150 e. The van der Waals surface area contributed by atoms with Gasteiger partial charge in [-0.05, 0) is 24.1 Å². The summed E-state index contributed by atoms with van der Waals surface area (Å²) in [5, 5.41) is 0. The number of hydrogen-bond acceptors (Lipinski definition) is 1. The van der Waals surface area contributed by atoms with Crippen LogP contribution in [-0.4, -0.2) is 6.29 Å². The summed E-state index contributed by atoms with van der Waals surface area (Å²) in [6, 6.07) is 3.66. The molecule has 0 amide bonds. The molecule has 64 valence electrons. The van der Waals surface area contributed by atoms with Crippen LogP contribution in [0.15, 0.2) is 21.1 Å². The molecule has 0 aliphatic carbocycles. The van der Waals surface area contributed by atoms with Crippen molar-refractivity contribution in [3.05, 3.63) is 32.2 Å². The van der Waals surface area contributed by atoms with Gasteiger partial charge in [0.05, 0.1) is 0 Å². The van der Waals surface area contributed by atoms with E-state index in [1.54, 1.807) is 0 Å². The molecule has 0 bridgehead atoms. The lowest BCUT2D eigenvalue weighted by Crippen LogP contribution is -1.88. The lowest BCUT2D eigenvalue weighted by Gasteiger charge is -2.04. The van der Waals surface area contributed by atoms with Gasteiger partial charge in [0.2, 0.25) is 0 Å². The van der Waals surface area contributed by atoms with E-state index in [1.165, 1.54) is 5.56 Å². The molecule has 0 aromatic heterocycles. The van der Waals surface area contributed by atoms with E-state index in [2.05, 4.69) is 38.8 Å². The molecule has 0 unspecified atom stereocenters. The van der Waals surface area contributed by atoms with Crippen LogP contribution in [0.3, 0.4) is 0 Å². The number of carbonyl (C=O) groups is 1. The fourth-order valence-corrected chi connectivity index (χ4v) is 2.81. The van der Waals surface area contributed by atoms with E-state index in [0.717, 1.165) is 21.7 Å². The molecule has 12 heavy (non-hydrogen) atoms. The molecule has 1 aromatic carbocycles. The Balaban J connectivity index is 3.27. The highest BCUT2D eigenvalue weighted by molar-refractivity contribution is 9.11. The largest absolute Gasteiger partial charge is 0.298 e. The third kappa shape index (κ3) is 1.96. The second-order valence-corrected chi connectivity index (χ2v) is 4.14. The maximum absolute atomic E-state index is 10.5. The van der Waals surface area contributed by atoms with Gasteiger partial charge in [0, 0.05) is 14.5 Å². The molecule has 0 spiro atoms. The van der Waals surface area contributed by atoms with Crippen molar-refractivity contribution >= 4 is 38.1 Å². The number of carbonyl (C=O) groups excluding carboxylic acids is 1. The molecule has 0 atom stereocenters. The lowest BCUT2D eigenvalue weighted by atomic mass is 10.1. The van der Waals surface area contributed by atoms with Crippen LogP contribution in [-0.2, 0) is 6.42 Å². The van der Waals surface area contributed by atoms with Gasteiger partial charge in [0.15, 0.2) is 0 Å². The van der Waals surface area contributed by atoms with Crippen molar-refractivity contribution in [2.24, 2.45) is 0 Å². The summed E-state index contributed by atoms with van der Waals surface area (Å²) < 4.78 is 1.97. The van der Waals surface area contributed by atoms with Crippen molar-refractivity contribution in [3.63, 3.8) is 0 Å². The molecule has 3 heteroatoms. The summed E-state index contributed by atoms with van der Waals surface area (Å²) in [5.74, 6) is 0. The predicted molar refractivity (Wildman–Crippen MR) is 56.6 cm³/mol. The van der Waals surface area contributed by atoms with Gasteiger partial charge in [-0.15, -0.1) is 0 Å². The summed E-state index contributed by atoms with van der Waals surface area (Å²) in [7, 11) is 0. The van der Waals surface area contributed by atoms with Gasteiger partial charge < -0.3 is 0 Å². The Morgan fingerprint density at radius 3 is 2.17 bits per heavy atom. The third-order valence-electron chi connectivity index (χ3n) is 1.65. The van der Waals surface area contributed by atoms with E-state index in [9.17, 15) is 4.79 Å². The molecule has 0 saturated carbocycles. The highest BCUT2D eigenvalue weighted by Gasteiger charge is 2.04. The van der Waals surface area contributed by atoms with Gasteiger partial charge in [0.1, 0.15) is 6.29 Å². The van der Waals surface area contributed by atoms with Crippen molar-refractivity contribution < 1.29 is 4.79 Å². The van der Waals surface area contributed by atoms with E-state index in [-0.39, 0.29) is 0 Å². The molecule has 0 N–H and O–H groups in total. The van der Waals surface area contributed by atoms with Crippen molar-refractivity contribution in [1.82, 2.24) is 0 Å². The SMILES string of the molecule is CCc1c(Br)cc(C=O)cc1Br. The molecule has 0 saturated heterocycles. The first-order valence-corrected chi connectivity index (χ1v) is 5.20. The Bertz CT molecular complexity index is 284. The van der Waals surface area contributed by atoms with Crippen LogP contribution in [0, 0.1) is 0 Å². The minimum Gasteiger partial charge on any atom is -0.298 e. The molecule has 0 aliphatic rings. The number of hydrogen-bond donors (Lipinski definition) is 0. The zero-order chi connectivity index (χ0) is 9.14. The molecule has 0 radical (unpaired) electrons. The van der Waals surface area contributed by atoms with Gasteiger partial charge in [0.25, 0.3) is 0 Å². The molecule has 0 heterocycles. The van der Waals surface area contributed by atoms with Crippen LogP contribution in [0.1, 0.15) is 22.8 Å². The van der Waals surface area contributed by atoms with Crippen molar-refractivity contribution in [2.75, 3.05) is 0 Å². The normalized spacial score (nSPS) is 9.92. The van der Waals surface area contributed by atoms with Crippen LogP contribution in [0.25, 0.3) is 0 Å². The van der Waals surface area contributed by atoms with Gasteiger partial charge in [-0.2, -0.15) is 0 Å². The topological polar surface area (TPSA) is 17.1 Å². The van der Waals surface area contributed by atoms with E-state index in [4.69, 9.17) is 0 Å². The number of aldehydes is 1. The van der Waals surface area contributed by atoms with E-state index >= 15 is 0 Å². The van der Waals surface area contributed by atoms with Gasteiger partial charge in [-0.25, -0.2) is 0 Å². The predicted octanol–water partition coefficient (Wildman–Crippen LogP) is 3.59. The zero-order valence-electron chi connectivity index (χ0n) is 6.60. The van der Waals surface area contributed by atoms with Crippen LogP contribution < -0.4 is 0 Å². The van der Waals surface area contributed by atoms with Gasteiger partial charge >= 0.3 is 0 Å². The highest BCUT2D eigenvalue weighted by atomic mass is 79.9. The smallest absolute Gasteiger partial charge is 0.150 e. The molecular weight excluding hydrogens is 284 g/mol. The van der Waals surface area contributed by atoms with Crippen molar-refractivity contribution in [2.45, 2.75) is 13.3 Å². The molecule has 1 nitrogen and oxygen atoms in total. The Morgan fingerprint density at radius 1 is 1.33 bits per heavy atom. The Kier molecular flexibility index (Phi) is 3.47. The number of benzene rings is 1. The fraction of sp³-hybridized carbons (Fsp3) is 0.222. The first kappa shape index (κ1) is 9.93. The summed E-state index contributed by atoms with van der Waals surface area (Å²) in [6.45, 7) is 2.07. The summed E-state index contributed by atoms with van der Waals surface area (Å²) in [5.41, 5.74) is 1.88. The second kappa shape index (κ2) is 4.19. The van der Waals surface area contributed by atoms with E-state index < -0.39 is 0 Å². The Morgan fingerprint density at radius 2 is 1.83 bits per heavy atom. The molecule has 1 aromatic rings. The Hall–Kier alpha value is -0.150. The maximum atomic E-state index is 10.5. The first-order valence-electron chi connectivity index (χ1n) is 3.62. The minimum atomic E-state index is 0.686. The monoisotopic (exact) mass is 290 g/mol. The van der Waals surface area contributed by atoms with Crippen LogP contribution in [0.2, 0.25) is 0 Å². The minimum absolute atomic E-state index is 0.686. The van der Waals surface area contributed by atoms with Crippen molar-refractivity contribution in [1.29, 1.82) is 0 Å². The molecule has 0 aliphatic heterocycles. The van der Waals surface area contributed by atoms with Gasteiger partial charge in [-0.3, -0.25) is 4.79 Å². The summed E-state index contributed by atoms with van der Waals surface area (Å²) in [6.07, 6.45) is 1.79. The number of rotatable bonds is 2. The molecular formula is C9H8Br2O. The fourth-order valence-electron chi connectivity index (χ4n) is 1.03. The Labute approximate surface area is 88.4 Å². The van der Waals surface area contributed by atoms with E-state index in [0.29, 0.717) is 5.56 Å². The second-order valence-electron chi connectivity index (χ2n) is 2.43. The first-order chi connectivity index (χ1) is 5.69. The standard InChI is InChI=1S/C9H8Br2O/c1-2-7-8(10)3-6(5-12)4-9(7)11/h3-5H,2H2,1H3. The van der Waals surface area contributed by atoms with Crippen molar-refractivity contribution in [3.8, 4) is 0 Å². The summed E-state index contributed by atoms with van der Waals surface area (Å²) in [4.78, 5) is 10.5. The lowest BCUT2D eigenvalue weighted by molar-refractivity contribution is 0.112. The number of halogens is 2. The van der Waals surface area contributed by atoms with Gasteiger partial charge in [-0.1, -0.05) is 38.8 Å².